The lowest BCUT2D eigenvalue weighted by atomic mass is 10.1. The Bertz CT molecular complexity index is 1060. The molecule has 0 N–H and O–H groups in total. The van der Waals surface area contributed by atoms with Crippen molar-refractivity contribution < 1.29 is 0 Å². The number of hydrogen-bond acceptors (Lipinski definition) is 5. The number of benzene rings is 1. The number of para-hydroxylation sites is 1. The SMILES string of the molecule is Cc1csc(Cc2nc(-c3cn(CCC#N)c4ccccc34)cs2)n1. The van der Waals surface area contributed by atoms with E-state index in [0.29, 0.717) is 13.0 Å². The van der Waals surface area contributed by atoms with Crippen molar-refractivity contribution in [1.29, 1.82) is 5.26 Å². The molecule has 25 heavy (non-hydrogen) atoms. The van der Waals surface area contributed by atoms with Gasteiger partial charge in [-0.3, -0.25) is 0 Å². The number of hydrogen-bond donors (Lipinski definition) is 0. The second-order valence-corrected chi connectivity index (χ2v) is 7.73. The third-order valence-corrected chi connectivity index (χ3v) is 5.87. The third kappa shape index (κ3) is 3.21. The first-order valence-electron chi connectivity index (χ1n) is 8.05. The largest absolute Gasteiger partial charge is 0.346 e. The number of aromatic nitrogens is 3. The highest BCUT2D eigenvalue weighted by Gasteiger charge is 2.13. The molecule has 3 aromatic heterocycles. The molecule has 4 nitrogen and oxygen atoms in total. The average Bonchev–Trinajstić information content (AvgIpc) is 3.32. The van der Waals surface area contributed by atoms with Crippen molar-refractivity contribution in [2.45, 2.75) is 26.3 Å². The van der Waals surface area contributed by atoms with Crippen LogP contribution in [0.2, 0.25) is 0 Å². The second kappa shape index (κ2) is 6.79. The quantitative estimate of drug-likeness (QED) is 0.499. The first kappa shape index (κ1) is 16.0. The number of nitriles is 1. The van der Waals surface area contributed by atoms with Gasteiger partial charge in [0.2, 0.25) is 0 Å². The molecule has 0 unspecified atom stereocenters. The van der Waals surface area contributed by atoms with E-state index in [2.05, 4.69) is 44.7 Å². The third-order valence-electron chi connectivity index (χ3n) is 4.05. The van der Waals surface area contributed by atoms with Gasteiger partial charge >= 0.3 is 0 Å². The molecular weight excluding hydrogens is 348 g/mol. The Morgan fingerprint density at radius 1 is 1.12 bits per heavy atom. The zero-order valence-electron chi connectivity index (χ0n) is 13.8. The maximum atomic E-state index is 8.89. The zero-order valence-corrected chi connectivity index (χ0v) is 15.4. The molecule has 4 rings (SSSR count). The molecule has 0 bridgehead atoms. The van der Waals surface area contributed by atoms with Gasteiger partial charge in [-0.1, -0.05) is 18.2 Å². The standard InChI is InChI=1S/C19H16N4S2/c1-13-11-24-18(21-13)9-19-22-16(12-25-19)15-10-23(8-4-7-20)17-6-3-2-5-14(15)17/h2-3,5-6,10-12H,4,8-9H2,1H3. The van der Waals surface area contributed by atoms with E-state index in [1.807, 2.05) is 19.1 Å². The zero-order chi connectivity index (χ0) is 17.2. The first-order valence-corrected chi connectivity index (χ1v) is 9.81. The van der Waals surface area contributed by atoms with Crippen molar-refractivity contribution in [2.24, 2.45) is 0 Å². The van der Waals surface area contributed by atoms with E-state index in [1.165, 1.54) is 5.39 Å². The van der Waals surface area contributed by atoms with Crippen LogP contribution in [-0.4, -0.2) is 14.5 Å². The second-order valence-electron chi connectivity index (χ2n) is 5.85. The number of fused-ring (bicyclic) bond motifs is 1. The summed E-state index contributed by atoms with van der Waals surface area (Å²) in [5.41, 5.74) is 4.35. The molecule has 4 aromatic rings. The Kier molecular flexibility index (Phi) is 4.35. The molecular formula is C19H16N4S2. The molecule has 0 amide bonds. The maximum absolute atomic E-state index is 8.89. The summed E-state index contributed by atoms with van der Waals surface area (Å²) in [6.07, 6.45) is 3.41. The molecule has 124 valence electrons. The molecule has 0 aliphatic carbocycles. The van der Waals surface area contributed by atoms with Crippen molar-refractivity contribution in [3.63, 3.8) is 0 Å². The van der Waals surface area contributed by atoms with Crippen LogP contribution in [0.4, 0.5) is 0 Å². The molecule has 0 saturated carbocycles. The Balaban J connectivity index is 1.69. The fourth-order valence-electron chi connectivity index (χ4n) is 2.94. The highest BCUT2D eigenvalue weighted by Crippen LogP contribution is 2.32. The number of thiazole rings is 2. The minimum absolute atomic E-state index is 0.504. The molecule has 6 heteroatoms. The van der Waals surface area contributed by atoms with Gasteiger partial charge in [-0.25, -0.2) is 9.97 Å². The van der Waals surface area contributed by atoms with Gasteiger partial charge in [0, 0.05) is 45.7 Å². The van der Waals surface area contributed by atoms with E-state index in [4.69, 9.17) is 10.2 Å². The van der Waals surface area contributed by atoms with Crippen molar-refractivity contribution >= 4 is 33.6 Å². The summed E-state index contributed by atoms with van der Waals surface area (Å²) in [5.74, 6) is 0. The van der Waals surface area contributed by atoms with Gasteiger partial charge < -0.3 is 4.57 Å². The first-order chi connectivity index (χ1) is 12.2. The monoisotopic (exact) mass is 364 g/mol. The van der Waals surface area contributed by atoms with Gasteiger partial charge in [0.1, 0.15) is 5.01 Å². The highest BCUT2D eigenvalue weighted by molar-refractivity contribution is 7.11. The van der Waals surface area contributed by atoms with E-state index in [1.54, 1.807) is 22.7 Å². The molecule has 0 saturated heterocycles. The number of aryl methyl sites for hydroxylation is 2. The van der Waals surface area contributed by atoms with E-state index < -0.39 is 0 Å². The lowest BCUT2D eigenvalue weighted by Crippen LogP contribution is -1.94. The summed E-state index contributed by atoms with van der Waals surface area (Å²) in [6, 6.07) is 10.5. The van der Waals surface area contributed by atoms with Gasteiger partial charge in [-0.2, -0.15) is 5.26 Å². The van der Waals surface area contributed by atoms with Crippen LogP contribution in [-0.2, 0) is 13.0 Å². The van der Waals surface area contributed by atoms with Crippen LogP contribution < -0.4 is 0 Å². The van der Waals surface area contributed by atoms with Crippen molar-refractivity contribution in [1.82, 2.24) is 14.5 Å². The van der Waals surface area contributed by atoms with Gasteiger partial charge in [-0.05, 0) is 13.0 Å². The van der Waals surface area contributed by atoms with Crippen molar-refractivity contribution in [3.05, 3.63) is 56.9 Å². The predicted octanol–water partition coefficient (Wildman–Crippen LogP) is 5.03. The molecule has 3 heterocycles. The summed E-state index contributed by atoms with van der Waals surface area (Å²) in [4.78, 5) is 9.36. The van der Waals surface area contributed by atoms with Crippen LogP contribution in [0.1, 0.15) is 22.1 Å². The fourth-order valence-corrected chi connectivity index (χ4v) is 4.60. The maximum Gasteiger partial charge on any atom is 0.100 e. The highest BCUT2D eigenvalue weighted by atomic mass is 32.1. The summed E-state index contributed by atoms with van der Waals surface area (Å²) in [5, 5.41) is 16.5. The van der Waals surface area contributed by atoms with Gasteiger partial charge in [0.25, 0.3) is 0 Å². The van der Waals surface area contributed by atoms with E-state index in [0.717, 1.165) is 38.9 Å². The molecule has 1 aromatic carbocycles. The topological polar surface area (TPSA) is 54.5 Å². The van der Waals surface area contributed by atoms with Crippen LogP contribution >= 0.6 is 22.7 Å². The van der Waals surface area contributed by atoms with Crippen LogP contribution in [0, 0.1) is 18.3 Å². The number of nitrogens with zero attached hydrogens (tertiary/aromatic N) is 4. The fraction of sp³-hybridized carbons (Fsp3) is 0.211. The Labute approximate surface area is 154 Å². The van der Waals surface area contributed by atoms with Crippen molar-refractivity contribution in [2.75, 3.05) is 0 Å². The average molecular weight is 364 g/mol. The van der Waals surface area contributed by atoms with Crippen LogP contribution in [0.3, 0.4) is 0 Å². The smallest absolute Gasteiger partial charge is 0.100 e. The predicted molar refractivity (Wildman–Crippen MR) is 103 cm³/mol. The van der Waals surface area contributed by atoms with Crippen LogP contribution in [0.25, 0.3) is 22.2 Å². The molecule has 0 atom stereocenters. The molecule has 0 radical (unpaired) electrons. The number of rotatable bonds is 5. The van der Waals surface area contributed by atoms with Gasteiger partial charge in [0.15, 0.2) is 0 Å². The minimum Gasteiger partial charge on any atom is -0.346 e. The molecule has 0 aliphatic rings. The Morgan fingerprint density at radius 2 is 1.92 bits per heavy atom. The Morgan fingerprint density at radius 3 is 2.72 bits per heavy atom. The lowest BCUT2D eigenvalue weighted by Gasteiger charge is -2.00. The van der Waals surface area contributed by atoms with E-state index in [-0.39, 0.29) is 0 Å². The summed E-state index contributed by atoms with van der Waals surface area (Å²) < 4.78 is 2.15. The lowest BCUT2D eigenvalue weighted by molar-refractivity contribution is 0.745. The van der Waals surface area contributed by atoms with Crippen molar-refractivity contribution in [3.8, 4) is 17.3 Å². The van der Waals surface area contributed by atoms with E-state index >= 15 is 0 Å². The molecule has 0 spiro atoms. The normalized spacial score (nSPS) is 11.0. The summed E-state index contributed by atoms with van der Waals surface area (Å²) in [7, 11) is 0. The van der Waals surface area contributed by atoms with Crippen LogP contribution in [0.15, 0.2) is 41.2 Å². The minimum atomic E-state index is 0.504. The van der Waals surface area contributed by atoms with Gasteiger partial charge in [0.05, 0.1) is 29.6 Å². The molecule has 0 fully saturated rings. The van der Waals surface area contributed by atoms with E-state index in [9.17, 15) is 0 Å². The van der Waals surface area contributed by atoms with Crippen LogP contribution in [0.5, 0.6) is 0 Å². The Hall–Kier alpha value is -2.49. The summed E-state index contributed by atoms with van der Waals surface area (Å²) >= 11 is 3.36. The molecule has 0 aliphatic heterocycles. The summed E-state index contributed by atoms with van der Waals surface area (Å²) in [6.45, 7) is 2.72. The van der Waals surface area contributed by atoms with Gasteiger partial charge in [-0.15, -0.1) is 22.7 Å².